The SMILES string of the molecule is CCc1nc(CCNC(=NC)N2CCC(Cc3ccccc3)C2)sc1C.I. The molecular weight excluding hydrogens is 467 g/mol. The molecule has 27 heavy (non-hydrogen) atoms. The van der Waals surface area contributed by atoms with Crippen LogP contribution in [0.4, 0.5) is 0 Å². The summed E-state index contributed by atoms with van der Waals surface area (Å²) in [5.74, 6) is 1.74. The highest BCUT2D eigenvalue weighted by molar-refractivity contribution is 14.0. The summed E-state index contributed by atoms with van der Waals surface area (Å²) in [6, 6.07) is 10.8. The monoisotopic (exact) mass is 498 g/mol. The molecule has 0 bridgehead atoms. The van der Waals surface area contributed by atoms with E-state index in [4.69, 9.17) is 4.98 Å². The second kappa shape index (κ2) is 11.0. The molecule has 1 atom stereocenters. The summed E-state index contributed by atoms with van der Waals surface area (Å²) in [6.45, 7) is 7.41. The fourth-order valence-electron chi connectivity index (χ4n) is 3.68. The molecule has 1 aromatic heterocycles. The average molecular weight is 498 g/mol. The summed E-state index contributed by atoms with van der Waals surface area (Å²) in [6.07, 6.45) is 4.38. The van der Waals surface area contributed by atoms with E-state index in [-0.39, 0.29) is 24.0 Å². The number of aryl methyl sites for hydroxylation is 2. The first-order valence-corrected chi connectivity index (χ1v) is 10.5. The fourth-order valence-corrected chi connectivity index (χ4v) is 4.70. The summed E-state index contributed by atoms with van der Waals surface area (Å²) in [5.41, 5.74) is 2.69. The van der Waals surface area contributed by atoms with Crippen molar-refractivity contribution in [3.05, 3.63) is 51.5 Å². The van der Waals surface area contributed by atoms with Crippen molar-refractivity contribution in [3.8, 4) is 0 Å². The fraction of sp³-hybridized carbons (Fsp3) is 0.524. The van der Waals surface area contributed by atoms with Crippen LogP contribution in [0, 0.1) is 12.8 Å². The number of thiazole rings is 1. The van der Waals surface area contributed by atoms with Gasteiger partial charge in [0.15, 0.2) is 5.96 Å². The summed E-state index contributed by atoms with van der Waals surface area (Å²) in [7, 11) is 1.88. The second-order valence-electron chi connectivity index (χ2n) is 6.98. The van der Waals surface area contributed by atoms with Gasteiger partial charge in [-0.05, 0) is 37.7 Å². The van der Waals surface area contributed by atoms with Crippen molar-refractivity contribution in [2.45, 2.75) is 39.5 Å². The summed E-state index contributed by atoms with van der Waals surface area (Å²) < 4.78 is 0. The van der Waals surface area contributed by atoms with Crippen LogP contribution in [0.25, 0.3) is 0 Å². The summed E-state index contributed by atoms with van der Waals surface area (Å²) in [5, 5.41) is 4.76. The number of aliphatic imine (C=N–C) groups is 1. The molecule has 1 aliphatic heterocycles. The van der Waals surface area contributed by atoms with Crippen LogP contribution in [-0.4, -0.2) is 42.5 Å². The maximum absolute atomic E-state index is 4.73. The van der Waals surface area contributed by atoms with E-state index in [1.165, 1.54) is 27.6 Å². The molecule has 1 aliphatic rings. The molecule has 1 saturated heterocycles. The number of hydrogen-bond donors (Lipinski definition) is 1. The van der Waals surface area contributed by atoms with Gasteiger partial charge in [-0.15, -0.1) is 35.3 Å². The van der Waals surface area contributed by atoms with E-state index in [0.717, 1.165) is 44.9 Å². The lowest BCUT2D eigenvalue weighted by Gasteiger charge is -2.21. The van der Waals surface area contributed by atoms with Gasteiger partial charge in [-0.2, -0.15) is 0 Å². The van der Waals surface area contributed by atoms with E-state index in [9.17, 15) is 0 Å². The van der Waals surface area contributed by atoms with Crippen molar-refractivity contribution in [1.82, 2.24) is 15.2 Å². The Morgan fingerprint density at radius 2 is 2.11 bits per heavy atom. The molecule has 1 fully saturated rings. The Kier molecular flexibility index (Phi) is 9.02. The van der Waals surface area contributed by atoms with E-state index in [1.807, 2.05) is 18.4 Å². The van der Waals surface area contributed by atoms with Crippen molar-refractivity contribution in [2.75, 3.05) is 26.7 Å². The number of benzene rings is 1. The number of likely N-dealkylation sites (tertiary alicyclic amines) is 1. The minimum atomic E-state index is 0. The third-order valence-corrected chi connectivity index (χ3v) is 6.13. The first kappa shape index (κ1) is 22.1. The molecule has 0 amide bonds. The molecule has 2 aromatic rings. The van der Waals surface area contributed by atoms with Gasteiger partial charge in [0.05, 0.1) is 10.7 Å². The Bertz CT molecular complexity index is 729. The van der Waals surface area contributed by atoms with Crippen LogP contribution in [0.1, 0.15) is 34.5 Å². The molecule has 4 nitrogen and oxygen atoms in total. The van der Waals surface area contributed by atoms with Crippen molar-refractivity contribution in [1.29, 1.82) is 0 Å². The van der Waals surface area contributed by atoms with Crippen LogP contribution in [0.5, 0.6) is 0 Å². The molecule has 3 rings (SSSR count). The second-order valence-corrected chi connectivity index (χ2v) is 8.27. The number of rotatable bonds is 6. The lowest BCUT2D eigenvalue weighted by atomic mass is 9.99. The van der Waals surface area contributed by atoms with Crippen molar-refractivity contribution >= 4 is 41.3 Å². The van der Waals surface area contributed by atoms with E-state index in [2.05, 4.69) is 59.4 Å². The maximum atomic E-state index is 4.73. The first-order valence-electron chi connectivity index (χ1n) is 9.64. The van der Waals surface area contributed by atoms with Gasteiger partial charge in [0.1, 0.15) is 0 Å². The Morgan fingerprint density at radius 3 is 2.78 bits per heavy atom. The third kappa shape index (κ3) is 6.17. The van der Waals surface area contributed by atoms with Gasteiger partial charge >= 0.3 is 0 Å². The Labute approximate surface area is 184 Å². The highest BCUT2D eigenvalue weighted by Crippen LogP contribution is 2.21. The standard InChI is InChI=1S/C21H30N4S.HI/c1-4-19-16(2)26-20(24-19)10-12-23-21(22-3)25-13-11-18(15-25)14-17-8-6-5-7-9-17;/h5-9,18H,4,10-15H2,1-3H3,(H,22,23);1H. The number of guanidine groups is 1. The first-order chi connectivity index (χ1) is 12.7. The topological polar surface area (TPSA) is 40.5 Å². The number of aromatic nitrogens is 1. The Morgan fingerprint density at radius 1 is 1.33 bits per heavy atom. The Balaban J connectivity index is 0.00000261. The molecule has 2 heterocycles. The predicted molar refractivity (Wildman–Crippen MR) is 127 cm³/mol. The number of nitrogens with one attached hydrogen (secondary N) is 1. The molecule has 0 saturated carbocycles. The van der Waals surface area contributed by atoms with Crippen LogP contribution in [-0.2, 0) is 19.3 Å². The van der Waals surface area contributed by atoms with E-state index < -0.39 is 0 Å². The molecule has 1 aromatic carbocycles. The maximum Gasteiger partial charge on any atom is 0.193 e. The third-order valence-electron chi connectivity index (χ3n) is 5.06. The van der Waals surface area contributed by atoms with E-state index in [1.54, 1.807) is 0 Å². The van der Waals surface area contributed by atoms with Gasteiger partial charge in [-0.25, -0.2) is 4.98 Å². The summed E-state index contributed by atoms with van der Waals surface area (Å²) in [4.78, 5) is 13.0. The largest absolute Gasteiger partial charge is 0.356 e. The quantitative estimate of drug-likeness (QED) is 0.367. The molecule has 0 radical (unpaired) electrons. The van der Waals surface area contributed by atoms with Crippen molar-refractivity contribution in [3.63, 3.8) is 0 Å². The normalized spacial score (nSPS) is 17.1. The van der Waals surface area contributed by atoms with Gasteiger partial charge in [0.2, 0.25) is 0 Å². The lowest BCUT2D eigenvalue weighted by Crippen LogP contribution is -2.41. The number of nitrogens with zero attached hydrogens (tertiary/aromatic N) is 3. The van der Waals surface area contributed by atoms with Gasteiger partial charge in [-0.1, -0.05) is 37.3 Å². The van der Waals surface area contributed by atoms with Gasteiger partial charge < -0.3 is 10.2 Å². The molecule has 0 spiro atoms. The molecule has 1 N–H and O–H groups in total. The number of halogens is 1. The molecule has 6 heteroatoms. The minimum absolute atomic E-state index is 0. The Hall–Kier alpha value is -1.15. The minimum Gasteiger partial charge on any atom is -0.356 e. The van der Waals surface area contributed by atoms with E-state index >= 15 is 0 Å². The van der Waals surface area contributed by atoms with Crippen LogP contribution in [0.2, 0.25) is 0 Å². The zero-order chi connectivity index (χ0) is 18.4. The molecular formula is C21H31IN4S. The molecule has 0 aliphatic carbocycles. The highest BCUT2D eigenvalue weighted by atomic mass is 127. The van der Waals surface area contributed by atoms with Gasteiger partial charge in [-0.3, -0.25) is 4.99 Å². The van der Waals surface area contributed by atoms with Crippen molar-refractivity contribution < 1.29 is 0 Å². The van der Waals surface area contributed by atoms with Crippen LogP contribution in [0.3, 0.4) is 0 Å². The van der Waals surface area contributed by atoms with Gasteiger partial charge in [0.25, 0.3) is 0 Å². The average Bonchev–Trinajstić information content (AvgIpc) is 3.26. The highest BCUT2D eigenvalue weighted by Gasteiger charge is 2.24. The summed E-state index contributed by atoms with van der Waals surface area (Å²) >= 11 is 1.83. The van der Waals surface area contributed by atoms with Crippen LogP contribution >= 0.6 is 35.3 Å². The number of hydrogen-bond acceptors (Lipinski definition) is 3. The van der Waals surface area contributed by atoms with Crippen molar-refractivity contribution in [2.24, 2.45) is 10.9 Å². The lowest BCUT2D eigenvalue weighted by molar-refractivity contribution is 0.460. The predicted octanol–water partition coefficient (Wildman–Crippen LogP) is 4.31. The van der Waals surface area contributed by atoms with Crippen LogP contribution in [0.15, 0.2) is 35.3 Å². The zero-order valence-corrected chi connectivity index (χ0v) is 19.7. The zero-order valence-electron chi connectivity index (χ0n) is 16.6. The van der Waals surface area contributed by atoms with Gasteiger partial charge in [0, 0.05) is 38.0 Å². The molecule has 1 unspecified atom stereocenters. The van der Waals surface area contributed by atoms with Crippen LogP contribution < -0.4 is 5.32 Å². The van der Waals surface area contributed by atoms with E-state index in [0.29, 0.717) is 5.92 Å². The molecule has 148 valence electrons. The smallest absolute Gasteiger partial charge is 0.193 e.